The maximum Gasteiger partial charge on any atom is 0.162 e. The highest BCUT2D eigenvalue weighted by Crippen LogP contribution is 2.43. The first-order chi connectivity index (χ1) is 14.3. The number of carbonyl (C=O) groups excluding carboxylic acids is 1. The lowest BCUT2D eigenvalue weighted by Crippen LogP contribution is -2.91. The highest BCUT2D eigenvalue weighted by molar-refractivity contribution is 5.93. The van der Waals surface area contributed by atoms with E-state index in [1.54, 1.807) is 12.5 Å². The number of piperidine rings is 1. The van der Waals surface area contributed by atoms with E-state index in [2.05, 4.69) is 5.32 Å². The highest BCUT2D eigenvalue weighted by atomic mass is 16.3. The van der Waals surface area contributed by atoms with Crippen molar-refractivity contribution in [3.8, 4) is 0 Å². The first-order valence-corrected chi connectivity index (χ1v) is 9.88. The van der Waals surface area contributed by atoms with Crippen LogP contribution in [0, 0.1) is 0 Å². The summed E-state index contributed by atoms with van der Waals surface area (Å²) in [6.07, 6.45) is 3.34. The van der Waals surface area contributed by atoms with E-state index in [1.807, 2.05) is 84.9 Å². The Morgan fingerprint density at radius 3 is 1.41 bits per heavy atom. The number of Topliss-reactive ketones (excluding diaryl/α,β-unsaturated/α-hetero) is 1. The molecule has 0 aliphatic carbocycles. The maximum absolute atomic E-state index is 14.0. The Kier molecular flexibility index (Phi) is 4.62. The highest BCUT2D eigenvalue weighted by Gasteiger charge is 2.51. The molecule has 1 aliphatic rings. The summed E-state index contributed by atoms with van der Waals surface area (Å²) >= 11 is 0. The molecule has 0 saturated carbocycles. The van der Waals surface area contributed by atoms with Crippen LogP contribution in [0.5, 0.6) is 0 Å². The lowest BCUT2D eigenvalue weighted by atomic mass is 9.71. The molecule has 1 fully saturated rings. The third kappa shape index (κ3) is 3.22. The molecule has 2 aromatic carbocycles. The molecule has 4 heteroatoms. The van der Waals surface area contributed by atoms with Crippen molar-refractivity contribution >= 4 is 5.78 Å². The Hall–Kier alpha value is -3.37. The Labute approximate surface area is 169 Å². The van der Waals surface area contributed by atoms with Crippen molar-refractivity contribution in [2.24, 2.45) is 0 Å². The standard InChI is InChI=1S/C25H21NO3/c27-25-21(17-9-3-1-4-10-17)23(19-13-7-15-28-19)26-24(20-14-8-16-29-20)22(25)18-11-5-2-6-12-18/h1-16,21-24,26H/p+1/t21-,22-,23-,24+/m0/s1. The van der Waals surface area contributed by atoms with E-state index in [0.717, 1.165) is 22.6 Å². The van der Waals surface area contributed by atoms with Crippen LogP contribution >= 0.6 is 0 Å². The fourth-order valence-corrected chi connectivity index (χ4v) is 4.54. The second kappa shape index (κ2) is 7.57. The average Bonchev–Trinajstić information content (AvgIpc) is 3.49. The van der Waals surface area contributed by atoms with E-state index in [9.17, 15) is 4.79 Å². The van der Waals surface area contributed by atoms with Gasteiger partial charge in [0.15, 0.2) is 29.4 Å². The van der Waals surface area contributed by atoms with Crippen molar-refractivity contribution in [3.05, 3.63) is 120 Å². The molecule has 4 nitrogen and oxygen atoms in total. The van der Waals surface area contributed by atoms with Crippen LogP contribution in [0.15, 0.2) is 106 Å². The minimum atomic E-state index is -0.307. The minimum Gasteiger partial charge on any atom is -0.463 e. The zero-order valence-electron chi connectivity index (χ0n) is 15.8. The summed E-state index contributed by atoms with van der Waals surface area (Å²) in [6, 6.07) is 27.3. The second-order valence-corrected chi connectivity index (χ2v) is 7.45. The number of ketones is 1. The number of benzene rings is 2. The number of rotatable bonds is 4. The normalized spacial score (nSPS) is 24.5. The molecule has 29 heavy (non-hydrogen) atoms. The van der Waals surface area contributed by atoms with E-state index >= 15 is 0 Å². The van der Waals surface area contributed by atoms with E-state index in [4.69, 9.17) is 8.83 Å². The van der Waals surface area contributed by atoms with Crippen LogP contribution in [0.3, 0.4) is 0 Å². The zero-order valence-corrected chi connectivity index (χ0v) is 15.8. The van der Waals surface area contributed by atoms with Crippen LogP contribution in [-0.4, -0.2) is 5.78 Å². The third-order valence-corrected chi connectivity index (χ3v) is 5.81. The Morgan fingerprint density at radius 2 is 1.03 bits per heavy atom. The van der Waals surface area contributed by atoms with E-state index in [1.165, 1.54) is 0 Å². The van der Waals surface area contributed by atoms with Gasteiger partial charge in [-0.2, -0.15) is 0 Å². The van der Waals surface area contributed by atoms with Gasteiger partial charge < -0.3 is 14.2 Å². The molecule has 0 radical (unpaired) electrons. The molecule has 5 rings (SSSR count). The molecule has 0 amide bonds. The van der Waals surface area contributed by atoms with Crippen LogP contribution in [0.4, 0.5) is 0 Å². The number of nitrogens with two attached hydrogens (primary N) is 1. The molecule has 1 aliphatic heterocycles. The quantitative estimate of drug-likeness (QED) is 0.568. The van der Waals surface area contributed by atoms with Crippen LogP contribution < -0.4 is 5.32 Å². The number of carbonyl (C=O) groups is 1. The molecule has 4 atom stereocenters. The van der Waals surface area contributed by atoms with E-state index in [-0.39, 0.29) is 29.7 Å². The van der Waals surface area contributed by atoms with Gasteiger partial charge in [0, 0.05) is 0 Å². The van der Waals surface area contributed by atoms with Crippen molar-refractivity contribution < 1.29 is 18.9 Å². The first-order valence-electron chi connectivity index (χ1n) is 9.88. The Bertz CT molecular complexity index is 970. The molecular weight excluding hydrogens is 362 g/mol. The van der Waals surface area contributed by atoms with Crippen molar-refractivity contribution in [2.45, 2.75) is 23.9 Å². The summed E-state index contributed by atoms with van der Waals surface area (Å²) in [6.45, 7) is 0. The maximum atomic E-state index is 14.0. The van der Waals surface area contributed by atoms with Gasteiger partial charge in [-0.05, 0) is 35.4 Å². The molecule has 144 valence electrons. The van der Waals surface area contributed by atoms with Crippen molar-refractivity contribution in [3.63, 3.8) is 0 Å². The van der Waals surface area contributed by atoms with Gasteiger partial charge in [-0.15, -0.1) is 0 Å². The van der Waals surface area contributed by atoms with Gasteiger partial charge in [-0.25, -0.2) is 0 Å². The van der Waals surface area contributed by atoms with Gasteiger partial charge in [0.2, 0.25) is 0 Å². The number of hydrogen-bond acceptors (Lipinski definition) is 3. The minimum absolute atomic E-state index is 0.157. The van der Waals surface area contributed by atoms with Gasteiger partial charge in [-0.3, -0.25) is 4.79 Å². The van der Waals surface area contributed by atoms with Crippen LogP contribution in [0.25, 0.3) is 0 Å². The third-order valence-electron chi connectivity index (χ3n) is 5.81. The summed E-state index contributed by atoms with van der Waals surface area (Å²) < 4.78 is 11.5. The largest absolute Gasteiger partial charge is 0.463 e. The van der Waals surface area contributed by atoms with Crippen LogP contribution in [0.2, 0.25) is 0 Å². The molecule has 2 N–H and O–H groups in total. The number of hydrogen-bond donors (Lipinski definition) is 1. The SMILES string of the molecule is O=C1[C@@H](c2ccccc2)[C@@H](c2ccco2)[NH2+][C@@H](c2ccco2)[C@@H]1c1ccccc1. The molecule has 0 unspecified atom stereocenters. The first kappa shape index (κ1) is 17.7. The topological polar surface area (TPSA) is 60.0 Å². The molecule has 0 spiro atoms. The van der Waals surface area contributed by atoms with Crippen LogP contribution in [-0.2, 0) is 4.79 Å². The summed E-state index contributed by atoms with van der Waals surface area (Å²) in [5.74, 6) is 1.18. The predicted octanol–water partition coefficient (Wildman–Crippen LogP) is 4.37. The lowest BCUT2D eigenvalue weighted by molar-refractivity contribution is -0.745. The number of quaternary nitrogens is 1. The van der Waals surface area contributed by atoms with Crippen LogP contribution in [0.1, 0.15) is 46.6 Å². The smallest absolute Gasteiger partial charge is 0.162 e. The summed E-state index contributed by atoms with van der Waals surface area (Å²) in [5.41, 5.74) is 2.02. The number of furan rings is 2. The van der Waals surface area contributed by atoms with Gasteiger partial charge in [-0.1, -0.05) is 60.7 Å². The lowest BCUT2D eigenvalue weighted by Gasteiger charge is -2.37. The summed E-state index contributed by atoms with van der Waals surface area (Å²) in [5, 5.41) is 2.23. The molecule has 3 heterocycles. The van der Waals surface area contributed by atoms with E-state index in [0.29, 0.717) is 0 Å². The predicted molar refractivity (Wildman–Crippen MR) is 108 cm³/mol. The molecular formula is C25H22NO3+. The van der Waals surface area contributed by atoms with Gasteiger partial charge >= 0.3 is 0 Å². The van der Waals surface area contributed by atoms with E-state index < -0.39 is 0 Å². The van der Waals surface area contributed by atoms with Crippen molar-refractivity contribution in [1.82, 2.24) is 0 Å². The second-order valence-electron chi connectivity index (χ2n) is 7.45. The van der Waals surface area contributed by atoms with Crippen molar-refractivity contribution in [2.75, 3.05) is 0 Å². The molecule has 4 aromatic rings. The van der Waals surface area contributed by atoms with Gasteiger partial charge in [0.25, 0.3) is 0 Å². The molecule has 1 saturated heterocycles. The molecule has 0 bridgehead atoms. The van der Waals surface area contributed by atoms with Gasteiger partial charge in [0.05, 0.1) is 12.5 Å². The van der Waals surface area contributed by atoms with Gasteiger partial charge in [0.1, 0.15) is 11.8 Å². The summed E-state index contributed by atoms with van der Waals surface area (Å²) in [7, 11) is 0. The molecule has 2 aromatic heterocycles. The average molecular weight is 384 g/mol. The monoisotopic (exact) mass is 384 g/mol. The zero-order chi connectivity index (χ0) is 19.6. The Morgan fingerprint density at radius 1 is 0.586 bits per heavy atom. The summed E-state index contributed by atoms with van der Waals surface area (Å²) in [4.78, 5) is 14.0. The Balaban J connectivity index is 1.66. The van der Waals surface area contributed by atoms with Crippen molar-refractivity contribution in [1.29, 1.82) is 0 Å². The fourth-order valence-electron chi connectivity index (χ4n) is 4.54. The fraction of sp³-hybridized carbons (Fsp3) is 0.160.